The highest BCUT2D eigenvalue weighted by Gasteiger charge is 2.33. The second kappa shape index (κ2) is 6.51. The molecule has 7 nitrogen and oxygen atoms in total. The molecule has 114 valence electrons. The second-order valence-corrected chi connectivity index (χ2v) is 5.27. The van der Waals surface area contributed by atoms with E-state index in [-0.39, 0.29) is 17.8 Å². The van der Waals surface area contributed by atoms with Crippen molar-refractivity contribution in [3.8, 4) is 0 Å². The molecule has 1 aromatic heterocycles. The van der Waals surface area contributed by atoms with E-state index in [4.69, 9.17) is 10.9 Å². The number of hydrogen-bond acceptors (Lipinski definition) is 5. The number of nitrogens with two attached hydrogens (primary N) is 1. The number of aryl methyl sites for hydroxylation is 2. The number of amidine groups is 1. The average Bonchev–Trinajstić information content (AvgIpc) is 3.31. The molecule has 1 aliphatic carbocycles. The molecule has 0 radical (unpaired) electrons. The summed E-state index contributed by atoms with van der Waals surface area (Å²) in [5, 5.41) is 19.7. The Morgan fingerprint density at radius 2 is 2.24 bits per heavy atom. The Hall–Kier alpha value is -2.18. The summed E-state index contributed by atoms with van der Waals surface area (Å²) in [5.41, 5.74) is 7.54. The maximum Gasteiger partial charge on any atom is 0.256 e. The SMILES string of the molecule is CCc1nnc(C)cc1C(=O)N(CCC(N)=NO)C1CC1. The number of nitrogens with zero attached hydrogens (tertiary/aromatic N) is 4. The van der Waals surface area contributed by atoms with Crippen LogP contribution in [0.15, 0.2) is 11.2 Å². The molecule has 0 unspecified atom stereocenters. The molecule has 1 aliphatic rings. The summed E-state index contributed by atoms with van der Waals surface area (Å²) in [5.74, 6) is 0.0892. The second-order valence-electron chi connectivity index (χ2n) is 5.27. The van der Waals surface area contributed by atoms with Crippen molar-refractivity contribution in [2.24, 2.45) is 10.9 Å². The summed E-state index contributed by atoms with van der Waals surface area (Å²) >= 11 is 0. The van der Waals surface area contributed by atoms with Crippen LogP contribution in [0.25, 0.3) is 0 Å². The minimum atomic E-state index is -0.0434. The summed E-state index contributed by atoms with van der Waals surface area (Å²) in [7, 11) is 0. The van der Waals surface area contributed by atoms with Crippen molar-refractivity contribution in [3.05, 3.63) is 23.0 Å². The van der Waals surface area contributed by atoms with Crippen LogP contribution in [-0.2, 0) is 6.42 Å². The Labute approximate surface area is 123 Å². The lowest BCUT2D eigenvalue weighted by Crippen LogP contribution is -2.36. The normalized spacial score (nSPS) is 15.0. The summed E-state index contributed by atoms with van der Waals surface area (Å²) in [4.78, 5) is 14.6. The molecule has 1 fully saturated rings. The first-order chi connectivity index (χ1) is 10.1. The van der Waals surface area contributed by atoms with Crippen LogP contribution in [0.4, 0.5) is 0 Å². The van der Waals surface area contributed by atoms with Gasteiger partial charge in [0, 0.05) is 19.0 Å². The monoisotopic (exact) mass is 291 g/mol. The van der Waals surface area contributed by atoms with Crippen molar-refractivity contribution in [1.29, 1.82) is 0 Å². The molecule has 7 heteroatoms. The zero-order valence-corrected chi connectivity index (χ0v) is 12.4. The minimum Gasteiger partial charge on any atom is -0.409 e. The van der Waals surface area contributed by atoms with Crippen molar-refractivity contribution >= 4 is 11.7 Å². The highest BCUT2D eigenvalue weighted by molar-refractivity contribution is 5.96. The topological polar surface area (TPSA) is 105 Å². The van der Waals surface area contributed by atoms with Gasteiger partial charge in [-0.25, -0.2) is 0 Å². The van der Waals surface area contributed by atoms with Crippen molar-refractivity contribution in [2.75, 3.05) is 6.54 Å². The quantitative estimate of drug-likeness (QED) is 0.353. The Bertz CT molecular complexity index is 554. The number of aromatic nitrogens is 2. The molecule has 0 aliphatic heterocycles. The maximum absolute atomic E-state index is 12.8. The van der Waals surface area contributed by atoms with Crippen LogP contribution < -0.4 is 5.73 Å². The predicted molar refractivity (Wildman–Crippen MR) is 78.2 cm³/mol. The van der Waals surface area contributed by atoms with Gasteiger partial charge in [-0.2, -0.15) is 10.2 Å². The van der Waals surface area contributed by atoms with Gasteiger partial charge in [0.05, 0.1) is 17.0 Å². The van der Waals surface area contributed by atoms with Gasteiger partial charge < -0.3 is 15.8 Å². The van der Waals surface area contributed by atoms with E-state index in [1.54, 1.807) is 11.0 Å². The molecular formula is C14H21N5O2. The van der Waals surface area contributed by atoms with E-state index in [1.807, 2.05) is 13.8 Å². The van der Waals surface area contributed by atoms with E-state index in [0.29, 0.717) is 30.6 Å². The molecule has 21 heavy (non-hydrogen) atoms. The van der Waals surface area contributed by atoms with Crippen molar-refractivity contribution in [1.82, 2.24) is 15.1 Å². The Morgan fingerprint density at radius 3 is 2.81 bits per heavy atom. The number of amides is 1. The molecule has 1 heterocycles. The largest absolute Gasteiger partial charge is 0.409 e. The predicted octanol–water partition coefficient (Wildman–Crippen LogP) is 1.09. The number of hydrogen-bond donors (Lipinski definition) is 2. The minimum absolute atomic E-state index is 0.0434. The highest BCUT2D eigenvalue weighted by Crippen LogP contribution is 2.29. The van der Waals surface area contributed by atoms with Crippen LogP contribution in [0.5, 0.6) is 0 Å². The smallest absolute Gasteiger partial charge is 0.256 e. The van der Waals surface area contributed by atoms with E-state index in [0.717, 1.165) is 18.5 Å². The maximum atomic E-state index is 12.8. The van der Waals surface area contributed by atoms with Crippen LogP contribution >= 0.6 is 0 Å². The fourth-order valence-electron chi connectivity index (χ4n) is 2.24. The molecule has 2 rings (SSSR count). The zero-order chi connectivity index (χ0) is 15.4. The lowest BCUT2D eigenvalue weighted by atomic mass is 10.1. The van der Waals surface area contributed by atoms with Gasteiger partial charge in [0.1, 0.15) is 5.84 Å². The van der Waals surface area contributed by atoms with Gasteiger partial charge in [-0.3, -0.25) is 4.79 Å². The van der Waals surface area contributed by atoms with Crippen LogP contribution in [0.3, 0.4) is 0 Å². The summed E-state index contributed by atoms with van der Waals surface area (Å²) in [6.07, 6.45) is 3.02. The van der Waals surface area contributed by atoms with Gasteiger partial charge in [0.15, 0.2) is 0 Å². The van der Waals surface area contributed by atoms with E-state index in [1.165, 1.54) is 0 Å². The van der Waals surface area contributed by atoms with Crippen molar-refractivity contribution in [3.63, 3.8) is 0 Å². The van der Waals surface area contributed by atoms with Crippen molar-refractivity contribution < 1.29 is 10.0 Å². The number of carbonyl (C=O) groups excluding carboxylic acids is 1. The van der Waals surface area contributed by atoms with Crippen molar-refractivity contribution in [2.45, 2.75) is 45.6 Å². The molecule has 0 aromatic carbocycles. The molecule has 0 saturated heterocycles. The molecular weight excluding hydrogens is 270 g/mol. The van der Waals surface area contributed by atoms with Gasteiger partial charge in [-0.05, 0) is 32.3 Å². The van der Waals surface area contributed by atoms with Gasteiger partial charge in [0.2, 0.25) is 0 Å². The number of oxime groups is 1. The van der Waals surface area contributed by atoms with E-state index < -0.39 is 0 Å². The van der Waals surface area contributed by atoms with Gasteiger partial charge in [0.25, 0.3) is 5.91 Å². The molecule has 1 saturated carbocycles. The molecule has 0 bridgehead atoms. The fourth-order valence-corrected chi connectivity index (χ4v) is 2.24. The van der Waals surface area contributed by atoms with Crippen LogP contribution in [0.2, 0.25) is 0 Å². The molecule has 3 N–H and O–H groups in total. The molecule has 1 aromatic rings. The lowest BCUT2D eigenvalue weighted by molar-refractivity contribution is 0.0745. The standard InChI is InChI=1S/C14H21N5O2/c1-3-12-11(8-9(2)16-17-12)14(20)19(10-4-5-10)7-6-13(15)18-21/h8,10,21H,3-7H2,1-2H3,(H2,15,18). The third-order valence-corrected chi connectivity index (χ3v) is 3.54. The lowest BCUT2D eigenvalue weighted by Gasteiger charge is -2.23. The van der Waals surface area contributed by atoms with E-state index in [9.17, 15) is 4.79 Å². The first-order valence-electron chi connectivity index (χ1n) is 7.17. The van der Waals surface area contributed by atoms with Crippen LogP contribution in [0.1, 0.15) is 47.9 Å². The molecule has 0 spiro atoms. The summed E-state index contributed by atoms with van der Waals surface area (Å²) < 4.78 is 0. The van der Waals surface area contributed by atoms with E-state index >= 15 is 0 Å². The van der Waals surface area contributed by atoms with E-state index in [2.05, 4.69) is 15.4 Å². The molecule has 1 amide bonds. The van der Waals surface area contributed by atoms with Gasteiger partial charge in [-0.15, -0.1) is 0 Å². The third-order valence-electron chi connectivity index (χ3n) is 3.54. The number of carbonyl (C=O) groups is 1. The first-order valence-corrected chi connectivity index (χ1v) is 7.17. The third kappa shape index (κ3) is 3.68. The first kappa shape index (κ1) is 15.2. The fraction of sp³-hybridized carbons (Fsp3) is 0.571. The summed E-state index contributed by atoms with van der Waals surface area (Å²) in [6.45, 7) is 4.22. The zero-order valence-electron chi connectivity index (χ0n) is 12.4. The van der Waals surface area contributed by atoms with Gasteiger partial charge >= 0.3 is 0 Å². The van der Waals surface area contributed by atoms with Crippen LogP contribution in [-0.4, -0.2) is 44.6 Å². The Kier molecular flexibility index (Phi) is 4.72. The van der Waals surface area contributed by atoms with Crippen LogP contribution in [0, 0.1) is 6.92 Å². The average molecular weight is 291 g/mol. The Balaban J connectivity index is 2.20. The Morgan fingerprint density at radius 1 is 1.52 bits per heavy atom. The number of rotatable bonds is 6. The highest BCUT2D eigenvalue weighted by atomic mass is 16.4. The molecule has 0 atom stereocenters. The summed E-state index contributed by atoms with van der Waals surface area (Å²) in [6, 6.07) is 2.04. The van der Waals surface area contributed by atoms with Gasteiger partial charge in [-0.1, -0.05) is 12.1 Å².